The van der Waals surface area contributed by atoms with E-state index in [-0.39, 0.29) is 22.0 Å². The Labute approximate surface area is 130 Å². The Morgan fingerprint density at radius 1 is 1.33 bits per heavy atom. The van der Waals surface area contributed by atoms with Crippen molar-refractivity contribution in [2.75, 3.05) is 11.3 Å². The van der Waals surface area contributed by atoms with E-state index in [1.54, 1.807) is 0 Å². The fourth-order valence-electron chi connectivity index (χ4n) is 1.47. The number of hydrogen-bond acceptors (Lipinski definition) is 4. The van der Waals surface area contributed by atoms with Gasteiger partial charge >= 0.3 is 0 Å². The quantitative estimate of drug-likeness (QED) is 0.841. The number of nitrogens with one attached hydrogen (secondary N) is 1. The maximum Gasteiger partial charge on any atom is 0.271 e. The van der Waals surface area contributed by atoms with Gasteiger partial charge in [0, 0.05) is 0 Å². The molecular weight excluding hydrogens is 335 g/mol. The topological polar surface area (TPSA) is 72.2 Å². The SMILES string of the molecule is NCC#Cc1ccc(NS(=O)(=O)c2ccc(Cl)s2)cc1F. The number of halogens is 2. The minimum Gasteiger partial charge on any atom is -0.320 e. The van der Waals surface area contributed by atoms with E-state index in [0.29, 0.717) is 4.34 Å². The summed E-state index contributed by atoms with van der Waals surface area (Å²) in [6.45, 7) is 0.118. The molecule has 1 heterocycles. The van der Waals surface area contributed by atoms with E-state index in [1.807, 2.05) is 0 Å². The third-order valence-electron chi connectivity index (χ3n) is 2.36. The molecule has 0 saturated carbocycles. The van der Waals surface area contributed by atoms with Crippen molar-refractivity contribution in [2.24, 2.45) is 5.73 Å². The van der Waals surface area contributed by atoms with Crippen molar-refractivity contribution in [1.29, 1.82) is 0 Å². The van der Waals surface area contributed by atoms with Gasteiger partial charge in [0.1, 0.15) is 10.0 Å². The lowest BCUT2D eigenvalue weighted by Gasteiger charge is -2.06. The zero-order valence-corrected chi connectivity index (χ0v) is 12.9. The predicted molar refractivity (Wildman–Crippen MR) is 82.5 cm³/mol. The van der Waals surface area contributed by atoms with Gasteiger partial charge in [0.15, 0.2) is 0 Å². The Morgan fingerprint density at radius 2 is 2.10 bits per heavy atom. The molecule has 110 valence electrons. The Balaban J connectivity index is 2.26. The van der Waals surface area contributed by atoms with Crippen LogP contribution < -0.4 is 10.5 Å². The number of anilines is 1. The van der Waals surface area contributed by atoms with Crippen LogP contribution in [0.15, 0.2) is 34.5 Å². The van der Waals surface area contributed by atoms with Crippen LogP contribution in [0.2, 0.25) is 4.34 Å². The molecule has 0 aliphatic rings. The lowest BCUT2D eigenvalue weighted by atomic mass is 10.2. The van der Waals surface area contributed by atoms with Gasteiger partial charge < -0.3 is 5.73 Å². The zero-order valence-electron chi connectivity index (χ0n) is 10.6. The van der Waals surface area contributed by atoms with E-state index in [1.165, 1.54) is 24.3 Å². The van der Waals surface area contributed by atoms with Gasteiger partial charge in [0.25, 0.3) is 10.0 Å². The second-order valence-electron chi connectivity index (χ2n) is 3.86. The first-order chi connectivity index (χ1) is 9.92. The van der Waals surface area contributed by atoms with Gasteiger partial charge in [-0.15, -0.1) is 11.3 Å². The number of thiophene rings is 1. The number of rotatable bonds is 3. The van der Waals surface area contributed by atoms with Crippen LogP contribution in [-0.4, -0.2) is 15.0 Å². The third-order valence-corrected chi connectivity index (χ3v) is 5.46. The highest BCUT2D eigenvalue weighted by atomic mass is 35.5. The summed E-state index contributed by atoms with van der Waals surface area (Å²) in [6, 6.07) is 6.74. The second-order valence-corrected chi connectivity index (χ2v) is 7.49. The molecule has 2 aromatic rings. The normalized spacial score (nSPS) is 10.8. The molecule has 0 aliphatic carbocycles. The van der Waals surface area contributed by atoms with Crippen molar-refractivity contribution in [1.82, 2.24) is 0 Å². The van der Waals surface area contributed by atoms with Gasteiger partial charge in [0.2, 0.25) is 0 Å². The number of sulfonamides is 1. The maximum atomic E-state index is 13.8. The van der Waals surface area contributed by atoms with Gasteiger partial charge in [-0.3, -0.25) is 4.72 Å². The van der Waals surface area contributed by atoms with Gasteiger partial charge in [-0.1, -0.05) is 23.4 Å². The van der Waals surface area contributed by atoms with Crippen LogP contribution in [0, 0.1) is 17.7 Å². The van der Waals surface area contributed by atoms with Gasteiger partial charge in [-0.05, 0) is 30.3 Å². The van der Waals surface area contributed by atoms with E-state index in [0.717, 1.165) is 17.4 Å². The van der Waals surface area contributed by atoms with Crippen molar-refractivity contribution in [3.05, 3.63) is 46.0 Å². The maximum absolute atomic E-state index is 13.8. The summed E-state index contributed by atoms with van der Waals surface area (Å²) in [5.41, 5.74) is 5.47. The number of nitrogens with two attached hydrogens (primary N) is 1. The van der Waals surface area contributed by atoms with Crippen LogP contribution in [0.4, 0.5) is 10.1 Å². The van der Waals surface area contributed by atoms with E-state index in [9.17, 15) is 12.8 Å². The predicted octanol–water partition coefficient (Wildman–Crippen LogP) is 2.65. The largest absolute Gasteiger partial charge is 0.320 e. The Hall–Kier alpha value is -1.59. The Kier molecular flexibility index (Phi) is 4.85. The molecule has 0 fully saturated rings. The van der Waals surface area contributed by atoms with Gasteiger partial charge in [-0.2, -0.15) is 0 Å². The summed E-state index contributed by atoms with van der Waals surface area (Å²) >= 11 is 6.62. The van der Waals surface area contributed by atoms with E-state index in [4.69, 9.17) is 17.3 Å². The molecule has 0 radical (unpaired) electrons. The highest BCUT2D eigenvalue weighted by molar-refractivity contribution is 7.94. The molecule has 0 atom stereocenters. The summed E-state index contributed by atoms with van der Waals surface area (Å²) in [6.07, 6.45) is 0. The molecule has 0 aliphatic heterocycles. The van der Waals surface area contributed by atoms with Gasteiger partial charge in [0.05, 0.1) is 22.1 Å². The minimum atomic E-state index is -3.78. The van der Waals surface area contributed by atoms with Crippen molar-refractivity contribution in [3.8, 4) is 11.8 Å². The first kappa shape index (κ1) is 15.8. The van der Waals surface area contributed by atoms with Crippen molar-refractivity contribution < 1.29 is 12.8 Å². The minimum absolute atomic E-state index is 0.0555. The summed E-state index contributed by atoms with van der Waals surface area (Å²) in [7, 11) is -3.78. The molecule has 1 aromatic heterocycles. The fraction of sp³-hybridized carbons (Fsp3) is 0.0769. The summed E-state index contributed by atoms with van der Waals surface area (Å²) in [5.74, 6) is 4.46. The van der Waals surface area contributed by atoms with Crippen molar-refractivity contribution >= 4 is 38.6 Å². The second kappa shape index (κ2) is 6.45. The van der Waals surface area contributed by atoms with E-state index in [2.05, 4.69) is 16.6 Å². The molecule has 2 rings (SSSR count). The monoisotopic (exact) mass is 344 g/mol. The molecule has 3 N–H and O–H groups in total. The van der Waals surface area contributed by atoms with Gasteiger partial charge in [-0.25, -0.2) is 12.8 Å². The lowest BCUT2D eigenvalue weighted by molar-refractivity contribution is 0.603. The molecule has 0 unspecified atom stereocenters. The van der Waals surface area contributed by atoms with Crippen LogP contribution in [0.3, 0.4) is 0 Å². The molecule has 0 saturated heterocycles. The first-order valence-electron chi connectivity index (χ1n) is 5.69. The molecule has 0 amide bonds. The summed E-state index contributed by atoms with van der Waals surface area (Å²) in [4.78, 5) is 0. The number of hydrogen-bond donors (Lipinski definition) is 2. The molecule has 21 heavy (non-hydrogen) atoms. The van der Waals surface area contributed by atoms with Crippen molar-refractivity contribution in [3.63, 3.8) is 0 Å². The van der Waals surface area contributed by atoms with E-state index < -0.39 is 15.8 Å². The third kappa shape index (κ3) is 3.95. The van der Waals surface area contributed by atoms with E-state index >= 15 is 0 Å². The van der Waals surface area contributed by atoms with Crippen LogP contribution >= 0.6 is 22.9 Å². The fourth-order valence-corrected chi connectivity index (χ4v) is 4.01. The smallest absolute Gasteiger partial charge is 0.271 e. The van der Waals surface area contributed by atoms with Crippen LogP contribution in [-0.2, 0) is 10.0 Å². The zero-order chi connectivity index (χ0) is 15.5. The standard InChI is InChI=1S/C13H10ClFN2O2S2/c14-12-5-6-13(20-12)21(18,19)17-10-4-3-9(2-1-7-16)11(15)8-10/h3-6,8,17H,7,16H2. The molecule has 1 aromatic carbocycles. The highest BCUT2D eigenvalue weighted by Gasteiger charge is 2.17. The number of benzene rings is 1. The summed E-state index contributed by atoms with van der Waals surface area (Å²) < 4.78 is 40.6. The summed E-state index contributed by atoms with van der Waals surface area (Å²) in [5, 5.41) is 0. The highest BCUT2D eigenvalue weighted by Crippen LogP contribution is 2.27. The molecular formula is C13H10ClFN2O2S2. The molecule has 4 nitrogen and oxygen atoms in total. The Morgan fingerprint density at radius 3 is 2.67 bits per heavy atom. The van der Waals surface area contributed by atoms with Crippen LogP contribution in [0.25, 0.3) is 0 Å². The van der Waals surface area contributed by atoms with Crippen LogP contribution in [0.1, 0.15) is 5.56 Å². The molecule has 8 heteroatoms. The lowest BCUT2D eigenvalue weighted by Crippen LogP contribution is -2.11. The molecule has 0 spiro atoms. The average Bonchev–Trinajstić information content (AvgIpc) is 2.85. The van der Waals surface area contributed by atoms with Crippen LogP contribution in [0.5, 0.6) is 0 Å². The Bertz CT molecular complexity index is 822. The molecule has 0 bridgehead atoms. The average molecular weight is 345 g/mol. The van der Waals surface area contributed by atoms with Crippen molar-refractivity contribution in [2.45, 2.75) is 4.21 Å². The first-order valence-corrected chi connectivity index (χ1v) is 8.37.